The van der Waals surface area contributed by atoms with E-state index in [2.05, 4.69) is 0 Å². The van der Waals surface area contributed by atoms with Crippen LogP contribution in [-0.2, 0) is 16.6 Å². The highest BCUT2D eigenvalue weighted by atomic mass is 35.5. The van der Waals surface area contributed by atoms with Crippen molar-refractivity contribution in [1.29, 1.82) is 0 Å². The second-order valence-electron chi connectivity index (χ2n) is 7.47. The first-order valence-corrected chi connectivity index (χ1v) is 11.8. The monoisotopic (exact) mass is 467 g/mol. The van der Waals surface area contributed by atoms with Crippen molar-refractivity contribution in [3.05, 3.63) is 74.1 Å². The minimum Gasteiger partial charge on any atom is -0.423 e. The Morgan fingerprint density at radius 2 is 1.73 bits per heavy atom. The SMILES string of the molecule is Cc1cc2oc(=O)cc(C[NH+]3CCN(S(=O)(=O)c4ccc(Cl)cc4)CC3)c2cc1Cl. The molecular weight excluding hydrogens is 447 g/mol. The zero-order valence-corrected chi connectivity index (χ0v) is 18.6. The number of fused-ring (bicyclic) bond motifs is 1. The molecule has 0 aliphatic carbocycles. The first-order chi connectivity index (χ1) is 14.2. The highest BCUT2D eigenvalue weighted by Crippen LogP contribution is 2.25. The van der Waals surface area contributed by atoms with Crippen LogP contribution in [0, 0.1) is 6.92 Å². The van der Waals surface area contributed by atoms with Crippen molar-refractivity contribution in [2.75, 3.05) is 26.2 Å². The normalized spacial score (nSPS) is 16.2. The number of sulfonamides is 1. The van der Waals surface area contributed by atoms with E-state index in [1.165, 1.54) is 27.4 Å². The first kappa shape index (κ1) is 21.3. The predicted octanol–water partition coefficient (Wildman–Crippen LogP) is 2.50. The summed E-state index contributed by atoms with van der Waals surface area (Å²) in [5.41, 5.74) is 1.82. The molecule has 2 aromatic carbocycles. The second kappa shape index (κ2) is 8.32. The van der Waals surface area contributed by atoms with Gasteiger partial charge in [0.2, 0.25) is 10.0 Å². The van der Waals surface area contributed by atoms with Crippen LogP contribution in [0.25, 0.3) is 11.0 Å². The Morgan fingerprint density at radius 3 is 2.40 bits per heavy atom. The standard InChI is InChI=1S/C21H20Cl2N2O4S/c1-14-10-20-18(12-19(14)23)15(11-21(26)29-20)13-24-6-8-25(9-7-24)30(27,28)17-4-2-16(22)3-5-17/h2-5,10-12H,6-9,13H2,1H3/p+1. The van der Waals surface area contributed by atoms with Gasteiger partial charge in [0, 0.05) is 27.1 Å². The molecule has 0 saturated carbocycles. The number of hydrogen-bond acceptors (Lipinski definition) is 4. The minimum atomic E-state index is -3.55. The summed E-state index contributed by atoms with van der Waals surface area (Å²) in [6.45, 7) is 4.53. The van der Waals surface area contributed by atoms with E-state index in [1.807, 2.05) is 13.0 Å². The molecule has 1 aromatic heterocycles. The quantitative estimate of drug-likeness (QED) is 0.598. The van der Waals surface area contributed by atoms with E-state index in [1.54, 1.807) is 18.2 Å². The molecule has 0 bridgehead atoms. The topological polar surface area (TPSA) is 72.0 Å². The summed E-state index contributed by atoms with van der Waals surface area (Å²) in [4.78, 5) is 13.4. The zero-order valence-electron chi connectivity index (χ0n) is 16.3. The van der Waals surface area contributed by atoms with E-state index in [-0.39, 0.29) is 4.90 Å². The molecule has 1 aliphatic rings. The Hall–Kier alpha value is -1.90. The summed E-state index contributed by atoms with van der Waals surface area (Å²) < 4.78 is 32.5. The van der Waals surface area contributed by atoms with Gasteiger partial charge < -0.3 is 9.32 Å². The summed E-state index contributed by atoms with van der Waals surface area (Å²) in [6, 6.07) is 11.3. The number of aryl methyl sites for hydroxylation is 1. The first-order valence-electron chi connectivity index (χ1n) is 9.56. The fraction of sp³-hybridized carbons (Fsp3) is 0.286. The van der Waals surface area contributed by atoms with Crippen LogP contribution in [0.5, 0.6) is 0 Å². The number of benzene rings is 2. The van der Waals surface area contributed by atoms with Crippen molar-refractivity contribution in [2.24, 2.45) is 0 Å². The van der Waals surface area contributed by atoms with E-state index in [0.717, 1.165) is 16.5 Å². The number of rotatable bonds is 4. The van der Waals surface area contributed by atoms with Crippen molar-refractivity contribution in [3.63, 3.8) is 0 Å². The molecule has 2 heterocycles. The third kappa shape index (κ3) is 4.26. The van der Waals surface area contributed by atoms with Gasteiger partial charge in [0.05, 0.1) is 31.1 Å². The zero-order chi connectivity index (χ0) is 21.5. The molecule has 1 N–H and O–H groups in total. The Kier molecular flexibility index (Phi) is 5.92. The predicted molar refractivity (Wildman–Crippen MR) is 117 cm³/mol. The number of quaternary nitrogens is 1. The molecule has 1 aliphatic heterocycles. The fourth-order valence-corrected chi connectivity index (χ4v) is 5.47. The average Bonchev–Trinajstić information content (AvgIpc) is 2.70. The van der Waals surface area contributed by atoms with Gasteiger partial charge in [-0.2, -0.15) is 4.31 Å². The van der Waals surface area contributed by atoms with Crippen molar-refractivity contribution >= 4 is 44.2 Å². The molecular formula is C21H21Cl2N2O4S+. The van der Waals surface area contributed by atoms with Gasteiger partial charge in [-0.05, 0) is 48.9 Å². The summed E-state index contributed by atoms with van der Waals surface area (Å²) >= 11 is 12.1. The van der Waals surface area contributed by atoms with Crippen LogP contribution < -0.4 is 10.5 Å². The highest BCUT2D eigenvalue weighted by molar-refractivity contribution is 7.89. The van der Waals surface area contributed by atoms with Crippen LogP contribution in [0.3, 0.4) is 0 Å². The van der Waals surface area contributed by atoms with E-state index in [4.69, 9.17) is 27.6 Å². The Bertz CT molecular complexity index is 1250. The molecule has 1 fully saturated rings. The summed E-state index contributed by atoms with van der Waals surface area (Å²) in [7, 11) is -3.55. The van der Waals surface area contributed by atoms with E-state index >= 15 is 0 Å². The van der Waals surface area contributed by atoms with Crippen LogP contribution in [0.1, 0.15) is 11.1 Å². The van der Waals surface area contributed by atoms with Gasteiger partial charge in [-0.15, -0.1) is 0 Å². The lowest BCUT2D eigenvalue weighted by Crippen LogP contribution is -3.13. The van der Waals surface area contributed by atoms with E-state index in [9.17, 15) is 13.2 Å². The smallest absolute Gasteiger partial charge is 0.336 e. The molecule has 9 heteroatoms. The van der Waals surface area contributed by atoms with Gasteiger partial charge in [0.1, 0.15) is 12.1 Å². The van der Waals surface area contributed by atoms with Crippen LogP contribution in [0.4, 0.5) is 0 Å². The van der Waals surface area contributed by atoms with Crippen molar-refractivity contribution in [3.8, 4) is 0 Å². The van der Waals surface area contributed by atoms with Crippen LogP contribution in [-0.4, -0.2) is 38.9 Å². The summed E-state index contributed by atoms with van der Waals surface area (Å²) in [6.07, 6.45) is 0. The molecule has 6 nitrogen and oxygen atoms in total. The van der Waals surface area contributed by atoms with Crippen LogP contribution in [0.2, 0.25) is 10.0 Å². The molecule has 0 radical (unpaired) electrons. The maximum atomic E-state index is 12.9. The summed E-state index contributed by atoms with van der Waals surface area (Å²) in [5, 5.41) is 1.93. The van der Waals surface area contributed by atoms with Gasteiger partial charge in [-0.1, -0.05) is 23.2 Å². The molecule has 3 aromatic rings. The number of halogens is 2. The second-order valence-corrected chi connectivity index (χ2v) is 10.3. The molecule has 4 rings (SSSR count). The van der Waals surface area contributed by atoms with Gasteiger partial charge in [0.15, 0.2) is 0 Å². The lowest BCUT2D eigenvalue weighted by molar-refractivity contribution is -0.917. The van der Waals surface area contributed by atoms with E-state index < -0.39 is 15.6 Å². The minimum absolute atomic E-state index is 0.243. The lowest BCUT2D eigenvalue weighted by Gasteiger charge is -2.31. The van der Waals surface area contributed by atoms with Crippen molar-refractivity contribution in [2.45, 2.75) is 18.4 Å². The Labute approximate surface area is 184 Å². The number of nitrogens with zero attached hydrogens (tertiary/aromatic N) is 1. The van der Waals surface area contributed by atoms with Gasteiger partial charge in [0.25, 0.3) is 0 Å². The number of hydrogen-bond donors (Lipinski definition) is 1. The van der Waals surface area contributed by atoms with Gasteiger partial charge >= 0.3 is 5.63 Å². The van der Waals surface area contributed by atoms with Crippen LogP contribution in [0.15, 0.2) is 56.6 Å². The molecule has 0 spiro atoms. The van der Waals surface area contributed by atoms with Crippen LogP contribution >= 0.6 is 23.2 Å². The third-order valence-corrected chi connectivity index (χ3v) is 8.00. The maximum absolute atomic E-state index is 12.9. The summed E-state index contributed by atoms with van der Waals surface area (Å²) in [5.74, 6) is 0. The van der Waals surface area contributed by atoms with Crippen molar-refractivity contribution < 1.29 is 17.7 Å². The molecule has 0 atom stereocenters. The largest absolute Gasteiger partial charge is 0.423 e. The number of piperazine rings is 1. The highest BCUT2D eigenvalue weighted by Gasteiger charge is 2.30. The van der Waals surface area contributed by atoms with Gasteiger partial charge in [-0.3, -0.25) is 0 Å². The molecule has 158 valence electrons. The molecule has 1 saturated heterocycles. The Morgan fingerprint density at radius 1 is 1.07 bits per heavy atom. The number of nitrogens with one attached hydrogen (secondary N) is 1. The van der Waals surface area contributed by atoms with Gasteiger partial charge in [-0.25, -0.2) is 13.2 Å². The average molecular weight is 468 g/mol. The lowest BCUT2D eigenvalue weighted by atomic mass is 10.1. The maximum Gasteiger partial charge on any atom is 0.336 e. The van der Waals surface area contributed by atoms with Crippen molar-refractivity contribution in [1.82, 2.24) is 4.31 Å². The molecule has 0 unspecified atom stereocenters. The fourth-order valence-electron chi connectivity index (χ4n) is 3.74. The van der Waals surface area contributed by atoms with E-state index in [0.29, 0.717) is 48.4 Å². The molecule has 0 amide bonds. The Balaban J connectivity index is 1.51. The third-order valence-electron chi connectivity index (χ3n) is 5.43. The molecule has 30 heavy (non-hydrogen) atoms.